The molecular formula is C26H30F3N3O4S2. The summed E-state index contributed by atoms with van der Waals surface area (Å²) in [6.45, 7) is 3.46. The van der Waals surface area contributed by atoms with Gasteiger partial charge in [0.2, 0.25) is 10.0 Å². The van der Waals surface area contributed by atoms with Gasteiger partial charge in [-0.25, -0.2) is 17.9 Å². The number of likely N-dealkylation sites (tertiary alicyclic amines) is 1. The van der Waals surface area contributed by atoms with Crippen molar-refractivity contribution in [2.24, 2.45) is 0 Å². The van der Waals surface area contributed by atoms with Crippen LogP contribution in [0.5, 0.6) is 0 Å². The van der Waals surface area contributed by atoms with E-state index in [1.807, 2.05) is 36.4 Å². The zero-order chi connectivity index (χ0) is 27.8. The average molecular weight is 570 g/mol. The molecule has 4 rings (SSSR count). The normalized spacial score (nSPS) is 15.1. The third kappa shape index (κ3) is 9.21. The lowest BCUT2D eigenvalue weighted by molar-refractivity contribution is -0.192. The Morgan fingerprint density at radius 3 is 2.13 bits per heavy atom. The van der Waals surface area contributed by atoms with Crippen molar-refractivity contribution in [2.45, 2.75) is 42.4 Å². The number of hydrogen-bond donors (Lipinski definition) is 3. The van der Waals surface area contributed by atoms with Gasteiger partial charge in [-0.3, -0.25) is 0 Å². The summed E-state index contributed by atoms with van der Waals surface area (Å²) in [6.07, 6.45) is -2.70. The van der Waals surface area contributed by atoms with Crippen molar-refractivity contribution in [2.75, 3.05) is 20.1 Å². The number of aliphatic carboxylic acids is 1. The fraction of sp³-hybridized carbons (Fsp3) is 0.346. The molecule has 38 heavy (non-hydrogen) atoms. The van der Waals surface area contributed by atoms with Crippen LogP contribution in [-0.4, -0.2) is 56.7 Å². The zero-order valence-corrected chi connectivity index (χ0v) is 22.4. The molecule has 3 N–H and O–H groups in total. The summed E-state index contributed by atoms with van der Waals surface area (Å²) in [6, 6.07) is 22.1. The minimum atomic E-state index is -5.08. The second-order valence-electron chi connectivity index (χ2n) is 8.89. The van der Waals surface area contributed by atoms with Crippen molar-refractivity contribution in [3.63, 3.8) is 0 Å². The molecule has 1 aromatic heterocycles. The number of piperidine rings is 1. The lowest BCUT2D eigenvalue weighted by Gasteiger charge is -2.29. The lowest BCUT2D eigenvalue weighted by atomic mass is 10.0. The van der Waals surface area contributed by atoms with E-state index in [0.717, 1.165) is 35.6 Å². The van der Waals surface area contributed by atoms with Gasteiger partial charge in [0.1, 0.15) is 4.21 Å². The molecule has 1 aliphatic rings. The van der Waals surface area contributed by atoms with E-state index in [0.29, 0.717) is 10.3 Å². The summed E-state index contributed by atoms with van der Waals surface area (Å²) in [4.78, 5) is 12.2. The first-order valence-corrected chi connectivity index (χ1v) is 14.2. The molecule has 0 aliphatic carbocycles. The van der Waals surface area contributed by atoms with E-state index < -0.39 is 22.2 Å². The third-order valence-electron chi connectivity index (χ3n) is 5.95. The van der Waals surface area contributed by atoms with Crippen molar-refractivity contribution >= 4 is 27.3 Å². The van der Waals surface area contributed by atoms with Crippen LogP contribution in [0.2, 0.25) is 0 Å². The number of sulfonamides is 1. The van der Waals surface area contributed by atoms with Crippen molar-refractivity contribution in [1.82, 2.24) is 14.9 Å². The number of nitrogens with zero attached hydrogens (tertiary/aromatic N) is 1. The van der Waals surface area contributed by atoms with Gasteiger partial charge in [0.25, 0.3) is 0 Å². The maximum Gasteiger partial charge on any atom is 0.490 e. The molecule has 0 radical (unpaired) electrons. The maximum atomic E-state index is 12.6. The largest absolute Gasteiger partial charge is 0.490 e. The fourth-order valence-corrected chi connectivity index (χ4v) is 6.10. The van der Waals surface area contributed by atoms with Crippen molar-refractivity contribution < 1.29 is 31.5 Å². The van der Waals surface area contributed by atoms with E-state index in [1.165, 1.54) is 29.7 Å². The molecule has 0 atom stereocenters. The molecule has 0 unspecified atom stereocenters. The molecule has 1 fully saturated rings. The van der Waals surface area contributed by atoms with E-state index in [9.17, 15) is 21.6 Å². The molecule has 12 heteroatoms. The Morgan fingerprint density at radius 1 is 0.974 bits per heavy atom. The Hall–Kier alpha value is -2.77. The summed E-state index contributed by atoms with van der Waals surface area (Å²) in [5.41, 5.74) is 3.22. The first-order valence-electron chi connectivity index (χ1n) is 11.9. The van der Waals surface area contributed by atoms with Crippen LogP contribution < -0.4 is 10.0 Å². The van der Waals surface area contributed by atoms with Crippen molar-refractivity contribution in [3.05, 3.63) is 77.9 Å². The van der Waals surface area contributed by atoms with Gasteiger partial charge in [0.15, 0.2) is 0 Å². The quantitative estimate of drug-likeness (QED) is 0.364. The van der Waals surface area contributed by atoms with E-state index in [2.05, 4.69) is 46.3 Å². The first kappa shape index (κ1) is 29.8. The molecule has 7 nitrogen and oxygen atoms in total. The SMILES string of the molecule is CN1CCC(NCc2ccc(-c3ccc(S(=O)(=O)NCc4ccccc4)s3)cc2)CC1.O=C(O)C(F)(F)F. The highest BCUT2D eigenvalue weighted by molar-refractivity contribution is 7.91. The molecule has 0 spiro atoms. The second-order valence-corrected chi connectivity index (χ2v) is 12.0. The summed E-state index contributed by atoms with van der Waals surface area (Å²) < 4.78 is 60.1. The summed E-state index contributed by atoms with van der Waals surface area (Å²) in [5.74, 6) is -2.76. The number of rotatable bonds is 8. The van der Waals surface area contributed by atoms with Crippen LogP contribution in [0.25, 0.3) is 10.4 Å². The molecule has 2 aromatic carbocycles. The number of alkyl halides is 3. The topological polar surface area (TPSA) is 98.7 Å². The number of halogens is 3. The first-order chi connectivity index (χ1) is 17.9. The number of carboxylic acid groups (broad SMARTS) is 1. The Bertz CT molecular complexity index is 1270. The standard InChI is InChI=1S/C24H29N3O2S2.C2HF3O2/c1-27-15-13-22(14-16-27)25-17-20-7-9-21(10-8-20)23-11-12-24(30-23)31(28,29)26-18-19-5-3-2-4-6-19;3-2(4,5)1(6)7/h2-12,22,25-26H,13-18H2,1H3;(H,6,7). The Morgan fingerprint density at radius 2 is 1.55 bits per heavy atom. The lowest BCUT2D eigenvalue weighted by Crippen LogP contribution is -2.40. The highest BCUT2D eigenvalue weighted by atomic mass is 32.2. The maximum absolute atomic E-state index is 12.6. The van der Waals surface area contributed by atoms with Crippen molar-refractivity contribution in [3.8, 4) is 10.4 Å². The van der Waals surface area contributed by atoms with Gasteiger partial charge in [-0.05, 0) is 61.8 Å². The van der Waals surface area contributed by atoms with Crippen LogP contribution >= 0.6 is 11.3 Å². The number of carboxylic acids is 1. The molecule has 1 saturated heterocycles. The third-order valence-corrected chi connectivity index (χ3v) is 8.98. The molecule has 1 aliphatic heterocycles. The predicted molar refractivity (Wildman–Crippen MR) is 141 cm³/mol. The van der Waals surface area contributed by atoms with Gasteiger partial charge in [0.05, 0.1) is 0 Å². The molecule has 206 valence electrons. The van der Waals surface area contributed by atoms with Gasteiger partial charge in [-0.15, -0.1) is 11.3 Å². The number of nitrogens with one attached hydrogen (secondary N) is 2. The minimum absolute atomic E-state index is 0.287. The van der Waals surface area contributed by atoms with Gasteiger partial charge in [-0.2, -0.15) is 13.2 Å². The monoisotopic (exact) mass is 569 g/mol. The summed E-state index contributed by atoms with van der Waals surface area (Å²) in [7, 11) is -1.35. The number of thiophene rings is 1. The molecule has 2 heterocycles. The fourth-order valence-electron chi connectivity index (χ4n) is 3.73. The Labute approximate surface area is 224 Å². The van der Waals surface area contributed by atoms with E-state index >= 15 is 0 Å². The van der Waals surface area contributed by atoms with E-state index in [1.54, 1.807) is 6.07 Å². The molecule has 0 saturated carbocycles. The number of benzene rings is 2. The van der Waals surface area contributed by atoms with Gasteiger partial charge in [0, 0.05) is 24.0 Å². The van der Waals surface area contributed by atoms with E-state index in [-0.39, 0.29) is 6.54 Å². The predicted octanol–water partition coefficient (Wildman–Crippen LogP) is 4.71. The molecule has 3 aromatic rings. The zero-order valence-electron chi connectivity index (χ0n) is 20.7. The van der Waals surface area contributed by atoms with Crippen LogP contribution in [0.1, 0.15) is 24.0 Å². The van der Waals surface area contributed by atoms with Crippen LogP contribution in [0.15, 0.2) is 70.9 Å². The highest BCUT2D eigenvalue weighted by Gasteiger charge is 2.38. The van der Waals surface area contributed by atoms with Crippen molar-refractivity contribution in [1.29, 1.82) is 0 Å². The average Bonchev–Trinajstić information content (AvgIpc) is 3.40. The van der Waals surface area contributed by atoms with Gasteiger partial charge >= 0.3 is 12.1 Å². The van der Waals surface area contributed by atoms with Crippen LogP contribution in [0, 0.1) is 0 Å². The number of carbonyl (C=O) groups is 1. The Balaban J connectivity index is 0.000000505. The number of hydrogen-bond acceptors (Lipinski definition) is 6. The molecule has 0 amide bonds. The van der Waals surface area contributed by atoms with Gasteiger partial charge < -0.3 is 15.3 Å². The minimum Gasteiger partial charge on any atom is -0.475 e. The van der Waals surface area contributed by atoms with Gasteiger partial charge in [-0.1, -0.05) is 54.6 Å². The molecular weight excluding hydrogens is 539 g/mol. The highest BCUT2D eigenvalue weighted by Crippen LogP contribution is 2.31. The summed E-state index contributed by atoms with van der Waals surface area (Å²) in [5, 5.41) is 10.8. The Kier molecular flexibility index (Phi) is 10.5. The summed E-state index contributed by atoms with van der Waals surface area (Å²) >= 11 is 1.30. The van der Waals surface area contributed by atoms with Crippen LogP contribution in [0.4, 0.5) is 13.2 Å². The van der Waals surface area contributed by atoms with Crippen LogP contribution in [-0.2, 0) is 27.9 Å². The van der Waals surface area contributed by atoms with Crippen LogP contribution in [0.3, 0.4) is 0 Å². The smallest absolute Gasteiger partial charge is 0.475 e. The molecule has 0 bridgehead atoms. The second kappa shape index (κ2) is 13.3. The van der Waals surface area contributed by atoms with E-state index in [4.69, 9.17) is 9.90 Å².